The van der Waals surface area contributed by atoms with Crippen molar-refractivity contribution in [2.75, 3.05) is 59.5 Å². The molecule has 0 spiro atoms. The van der Waals surface area contributed by atoms with Crippen molar-refractivity contribution >= 4 is 30.1 Å². The highest BCUT2D eigenvalue weighted by Crippen LogP contribution is 2.43. The van der Waals surface area contributed by atoms with Crippen molar-refractivity contribution in [3.8, 4) is 0 Å². The number of amides is 4. The summed E-state index contributed by atoms with van der Waals surface area (Å²) in [4.78, 5) is 63.0. The molecule has 51 nitrogen and oxygen atoms in total. The zero-order chi connectivity index (χ0) is 87.1. The maximum atomic E-state index is 13.1. The van der Waals surface area contributed by atoms with Crippen LogP contribution in [0.2, 0.25) is 0 Å². The average Bonchev–Trinajstić information content (AvgIpc) is 0.771. The number of carbonyl (C=O) groups is 5. The third kappa shape index (κ3) is 21.6. The Kier molecular flexibility index (Phi) is 35.2. The van der Waals surface area contributed by atoms with Crippen molar-refractivity contribution in [1.29, 1.82) is 0 Å². The molecule has 46 atom stereocenters. The van der Waals surface area contributed by atoms with Gasteiger partial charge in [-0.1, -0.05) is 6.92 Å². The third-order valence-corrected chi connectivity index (χ3v) is 21.9. The number of hydrogen-bond acceptors (Lipinski definition) is 47. The Morgan fingerprint density at radius 1 is 0.381 bits per heavy atom. The van der Waals surface area contributed by atoms with Gasteiger partial charge in [0.05, 0.1) is 90.2 Å². The summed E-state index contributed by atoms with van der Waals surface area (Å²) >= 11 is 0. The molecular weight excluding hydrogens is 1610 g/mol. The normalized spacial score (nSPS) is 47.5. The SMILES string of the molecule is CC(=O)NC1C(O)[C@H](O[C@@H]2OC(CO)[C@H](O)[C@H](O[C@]3(OC=O)C[C@@H](O)[C@@H](C)C([C@H](O)[C@H](O)CO)O3)C2O)[C@H](CO)O[C@H]1OC1[C@@H](OCC2O[C@@H](O[C@@H]3C(CO)O[C@@H](O[C@@H]4C(CO)O[C@@H](C)[C@@H](NC(C)=O)C4O)[C@@H](NC(C)=O)C3O)[C@H](O)C(O[C@H]3OC(CO)[C@@H](O)C(O)C3O[C@@H]3OC(CO)[C@@H](O)[C@H](O)C3NC(C)=O)[C@@H]2O)OC(CO)[C@@H](O)[C@@H]1O. The lowest BCUT2D eigenvalue weighted by molar-refractivity contribution is -0.448. The van der Waals surface area contributed by atoms with Crippen LogP contribution in [0.4, 0.5) is 0 Å². The van der Waals surface area contributed by atoms with Crippen LogP contribution < -0.4 is 21.3 Å². The molecule has 9 aliphatic heterocycles. The molecular formula is C67H112N4O47. The zero-order valence-electron chi connectivity index (χ0n) is 64.3. The first-order valence-electron chi connectivity index (χ1n) is 37.9. The molecule has 28 N–H and O–H groups in total. The van der Waals surface area contributed by atoms with Gasteiger partial charge >= 0.3 is 5.97 Å². The molecule has 682 valence electrons. The number of nitrogens with one attached hydrogen (secondary N) is 4. The van der Waals surface area contributed by atoms with Crippen molar-refractivity contribution in [2.24, 2.45) is 5.92 Å². The number of aliphatic hydroxyl groups excluding tert-OH is 24. The first-order chi connectivity index (χ1) is 55.8. The molecule has 0 aliphatic carbocycles. The Morgan fingerprint density at radius 3 is 1.17 bits per heavy atom. The van der Waals surface area contributed by atoms with Crippen LogP contribution in [0.3, 0.4) is 0 Å². The minimum Gasteiger partial charge on any atom is -0.410 e. The van der Waals surface area contributed by atoms with Gasteiger partial charge in [0.15, 0.2) is 44.0 Å². The van der Waals surface area contributed by atoms with Crippen LogP contribution in [0.25, 0.3) is 0 Å². The fraction of sp³-hybridized carbons (Fsp3) is 0.925. The summed E-state index contributed by atoms with van der Waals surface area (Å²) in [6, 6.07) is -6.87. The number of aliphatic hydroxyl groups is 24. The van der Waals surface area contributed by atoms with E-state index < -0.39 is 371 Å². The van der Waals surface area contributed by atoms with Gasteiger partial charge < -0.3 is 229 Å². The topological polar surface area (TPSA) is 785 Å². The van der Waals surface area contributed by atoms with E-state index in [0.29, 0.717) is 0 Å². The summed E-state index contributed by atoms with van der Waals surface area (Å²) < 4.78 is 107. The Labute approximate surface area is 670 Å². The largest absolute Gasteiger partial charge is 0.410 e. The van der Waals surface area contributed by atoms with Crippen LogP contribution in [0.5, 0.6) is 0 Å². The first-order valence-corrected chi connectivity index (χ1v) is 37.9. The predicted octanol–water partition coefficient (Wildman–Crippen LogP) is -18.5. The molecule has 4 amide bonds. The van der Waals surface area contributed by atoms with E-state index in [-0.39, 0.29) is 6.47 Å². The van der Waals surface area contributed by atoms with Crippen LogP contribution in [0.15, 0.2) is 0 Å². The van der Waals surface area contributed by atoms with Gasteiger partial charge in [0, 0.05) is 33.6 Å². The Hall–Kier alpha value is -4.29. The molecule has 0 aromatic carbocycles. The van der Waals surface area contributed by atoms with Crippen molar-refractivity contribution < 1.29 is 232 Å². The number of rotatable bonds is 33. The molecule has 0 bridgehead atoms. The van der Waals surface area contributed by atoms with E-state index in [1.807, 2.05) is 0 Å². The van der Waals surface area contributed by atoms with Crippen LogP contribution >= 0.6 is 0 Å². The average molecular weight is 1730 g/mol. The molecule has 0 aromatic rings. The van der Waals surface area contributed by atoms with E-state index >= 15 is 0 Å². The lowest BCUT2D eigenvalue weighted by Gasteiger charge is -2.51. The Balaban J connectivity index is 1.03. The summed E-state index contributed by atoms with van der Waals surface area (Å²) in [5, 5.41) is 279. The number of carbonyl (C=O) groups excluding carboxylic acids is 5. The fourth-order valence-corrected chi connectivity index (χ4v) is 15.5. The third-order valence-electron chi connectivity index (χ3n) is 21.9. The monoisotopic (exact) mass is 1720 g/mol. The van der Waals surface area contributed by atoms with Crippen molar-refractivity contribution in [3.05, 3.63) is 0 Å². The van der Waals surface area contributed by atoms with Gasteiger partial charge in [-0.25, -0.2) is 0 Å². The van der Waals surface area contributed by atoms with E-state index in [9.17, 15) is 147 Å². The van der Waals surface area contributed by atoms with Gasteiger partial charge in [-0.05, 0) is 6.92 Å². The maximum Gasteiger partial charge on any atom is 0.332 e. The fourth-order valence-electron chi connectivity index (χ4n) is 15.5. The molecule has 9 aliphatic rings. The molecule has 118 heavy (non-hydrogen) atoms. The molecule has 9 fully saturated rings. The lowest BCUT2D eigenvalue weighted by Crippen LogP contribution is -2.70. The number of hydrogen-bond donors (Lipinski definition) is 28. The van der Waals surface area contributed by atoms with Crippen molar-refractivity contribution in [2.45, 2.75) is 324 Å². The second-order valence-corrected chi connectivity index (χ2v) is 30.1. The summed E-state index contributed by atoms with van der Waals surface area (Å²) in [5.41, 5.74) is 0. The minimum absolute atomic E-state index is 0.244. The van der Waals surface area contributed by atoms with Crippen molar-refractivity contribution in [1.82, 2.24) is 21.3 Å². The highest BCUT2D eigenvalue weighted by atomic mass is 16.9. The molecule has 0 radical (unpaired) electrons. The Morgan fingerprint density at radius 2 is 0.720 bits per heavy atom. The van der Waals surface area contributed by atoms with Gasteiger partial charge in [0.2, 0.25) is 23.6 Å². The van der Waals surface area contributed by atoms with Crippen LogP contribution in [0.1, 0.15) is 48.0 Å². The first kappa shape index (κ1) is 97.5. The highest BCUT2D eigenvalue weighted by Gasteiger charge is 2.62. The summed E-state index contributed by atoms with van der Waals surface area (Å²) in [5.74, 6) is -7.36. The van der Waals surface area contributed by atoms with Gasteiger partial charge in [-0.2, -0.15) is 0 Å². The minimum atomic E-state index is -2.87. The van der Waals surface area contributed by atoms with Gasteiger partial charge in [-0.3, -0.25) is 24.0 Å². The quantitative estimate of drug-likeness (QED) is 0.0214. The Bertz CT molecular complexity index is 3180. The molecule has 0 aromatic heterocycles. The predicted molar refractivity (Wildman–Crippen MR) is 367 cm³/mol. The van der Waals surface area contributed by atoms with E-state index in [2.05, 4.69) is 21.3 Å². The van der Waals surface area contributed by atoms with Crippen LogP contribution in [0, 0.1) is 5.92 Å². The van der Waals surface area contributed by atoms with E-state index in [1.165, 1.54) is 13.8 Å². The summed E-state index contributed by atoms with van der Waals surface area (Å²) in [6.45, 7) is -3.32. The van der Waals surface area contributed by atoms with Gasteiger partial charge in [0.25, 0.3) is 6.47 Å². The molecule has 9 saturated heterocycles. The van der Waals surface area contributed by atoms with Crippen LogP contribution in [-0.2, 0) is 109 Å². The van der Waals surface area contributed by atoms with Gasteiger partial charge in [-0.15, -0.1) is 0 Å². The molecule has 18 unspecified atom stereocenters. The standard InChI is InChI=1S/C67H112N4O47/c1-18-24(85)7-67(102-17-80,117-52(18)38(87)25(86)8-72)118-57-42(91)29(12-76)105-64(51(57)100)113-55-32(15-79)109-62(37(47(55)96)71-23(6)84)115-58-48(97)40(89)27(10-74)106-65(58)101-16-33-43(92)56(114-66-59(49(98)41(90)28(11-75)107-66)116-60-35(69-21(4)82)44(93)39(88)26(9-73)104-60)50(99)63(110-33)112-54-31(14-78)108-61(36(46(54)95)70-22(5)83)111-53-30(13-77)103-19(2)34(45(53)94)68-20(3)81/h17-19,24-66,72-79,85-100H,7-16H2,1-6H3,(H,68,81)(H,69,82)(H,70,83)(H,71,84)/t18-,19+,24-,25-,26?,27?,28?,29?,30?,31?,32+,33?,34-,35?,36+,37?,38-,39-,40-,41-,42+,43-,44-,45?,46?,47?,48+,49?,50-,51?,52?,53-,54-,55-,56?,57+,58?,59?,60+,61+,62+,63+,64+,65+,66-,67+/m1/s1. The van der Waals surface area contributed by atoms with E-state index in [1.54, 1.807) is 0 Å². The van der Waals surface area contributed by atoms with E-state index in [0.717, 1.165) is 27.7 Å². The summed E-state index contributed by atoms with van der Waals surface area (Å²) in [7, 11) is 0. The molecule has 9 rings (SSSR count). The van der Waals surface area contributed by atoms with Gasteiger partial charge in [0.1, 0.15) is 201 Å². The molecule has 9 heterocycles. The smallest absolute Gasteiger partial charge is 0.332 e. The summed E-state index contributed by atoms with van der Waals surface area (Å²) in [6.07, 6.45) is -82.7. The van der Waals surface area contributed by atoms with E-state index in [4.69, 9.17) is 85.3 Å². The van der Waals surface area contributed by atoms with Crippen LogP contribution in [-0.4, -0.2) is 488 Å². The molecule has 0 saturated carbocycles. The molecule has 51 heteroatoms. The van der Waals surface area contributed by atoms with Crippen molar-refractivity contribution in [3.63, 3.8) is 0 Å². The number of ether oxygens (including phenoxy) is 18. The second-order valence-electron chi connectivity index (χ2n) is 30.1. The zero-order valence-corrected chi connectivity index (χ0v) is 64.3. The lowest BCUT2D eigenvalue weighted by atomic mass is 9.87. The maximum absolute atomic E-state index is 13.1. The highest BCUT2D eigenvalue weighted by molar-refractivity contribution is 5.74. The second kappa shape index (κ2) is 42.6.